The Labute approximate surface area is 109 Å². The second-order valence-electron chi connectivity index (χ2n) is 5.86. The maximum absolute atomic E-state index is 11.5. The van der Waals surface area contributed by atoms with E-state index in [2.05, 4.69) is 17.1 Å². The maximum Gasteiger partial charge on any atom is 0.324 e. The molecule has 2 N–H and O–H groups in total. The quantitative estimate of drug-likeness (QED) is 0.768. The fraction of sp³-hybridized carbons (Fsp3) is 0.923. The van der Waals surface area contributed by atoms with E-state index in [1.54, 1.807) is 6.92 Å². The molecule has 5 nitrogen and oxygen atoms in total. The van der Waals surface area contributed by atoms with Crippen LogP contribution in [0.15, 0.2) is 0 Å². The zero-order chi connectivity index (χ0) is 13.9. The van der Waals surface area contributed by atoms with E-state index in [4.69, 9.17) is 4.74 Å². The predicted molar refractivity (Wildman–Crippen MR) is 70.8 cm³/mol. The Bertz CT molecular complexity index is 296. The molecule has 0 saturated carbocycles. The van der Waals surface area contributed by atoms with Gasteiger partial charge >= 0.3 is 5.97 Å². The summed E-state index contributed by atoms with van der Waals surface area (Å²) in [7, 11) is 0. The molecule has 0 aromatic heterocycles. The number of nitrogens with one attached hydrogen (secondary N) is 1. The Morgan fingerprint density at radius 3 is 2.67 bits per heavy atom. The first kappa shape index (κ1) is 15.4. The zero-order valence-corrected chi connectivity index (χ0v) is 12.1. The van der Waals surface area contributed by atoms with E-state index in [-0.39, 0.29) is 18.2 Å². The van der Waals surface area contributed by atoms with E-state index in [9.17, 15) is 9.90 Å². The predicted octanol–water partition coefficient (Wildman–Crippen LogP) is 0.937. The number of ether oxygens (including phenoxy) is 1. The van der Waals surface area contributed by atoms with E-state index >= 15 is 0 Å². The molecular weight excluding hydrogens is 232 g/mol. The number of rotatable bonds is 5. The smallest absolute Gasteiger partial charge is 0.324 e. The van der Waals surface area contributed by atoms with Crippen LogP contribution < -0.4 is 5.32 Å². The van der Waals surface area contributed by atoms with Crippen LogP contribution in [0.4, 0.5) is 0 Å². The summed E-state index contributed by atoms with van der Waals surface area (Å²) < 4.78 is 5.57. The SMILES string of the molecule is CC(C)NC(C)(CN1CC(C)OCC1C)C(=O)O. The number of hydrogen-bond acceptors (Lipinski definition) is 4. The molecule has 3 unspecified atom stereocenters. The third kappa shape index (κ3) is 3.93. The van der Waals surface area contributed by atoms with Crippen molar-refractivity contribution in [1.82, 2.24) is 10.2 Å². The topological polar surface area (TPSA) is 61.8 Å². The molecule has 0 bridgehead atoms. The van der Waals surface area contributed by atoms with Gasteiger partial charge in [-0.2, -0.15) is 0 Å². The van der Waals surface area contributed by atoms with Crippen molar-refractivity contribution >= 4 is 5.97 Å². The van der Waals surface area contributed by atoms with Crippen molar-refractivity contribution in [2.24, 2.45) is 0 Å². The van der Waals surface area contributed by atoms with Gasteiger partial charge in [0.15, 0.2) is 0 Å². The lowest BCUT2D eigenvalue weighted by molar-refractivity contribution is -0.147. The second-order valence-corrected chi connectivity index (χ2v) is 5.86. The van der Waals surface area contributed by atoms with Crippen molar-refractivity contribution in [1.29, 1.82) is 0 Å². The molecule has 0 spiro atoms. The summed E-state index contributed by atoms with van der Waals surface area (Å²) in [5, 5.41) is 12.6. The average Bonchev–Trinajstić information content (AvgIpc) is 2.22. The van der Waals surface area contributed by atoms with Gasteiger partial charge in [-0.1, -0.05) is 0 Å². The van der Waals surface area contributed by atoms with E-state index in [1.165, 1.54) is 0 Å². The van der Waals surface area contributed by atoms with E-state index < -0.39 is 11.5 Å². The molecule has 1 saturated heterocycles. The fourth-order valence-corrected chi connectivity index (χ4v) is 2.41. The van der Waals surface area contributed by atoms with Crippen LogP contribution in [0, 0.1) is 0 Å². The molecule has 1 heterocycles. The summed E-state index contributed by atoms with van der Waals surface area (Å²) in [4.78, 5) is 13.7. The minimum absolute atomic E-state index is 0.139. The Morgan fingerprint density at radius 1 is 1.56 bits per heavy atom. The van der Waals surface area contributed by atoms with Gasteiger partial charge in [0.1, 0.15) is 5.54 Å². The molecule has 3 atom stereocenters. The van der Waals surface area contributed by atoms with Crippen molar-refractivity contribution in [3.63, 3.8) is 0 Å². The van der Waals surface area contributed by atoms with Gasteiger partial charge in [0.05, 0.1) is 12.7 Å². The third-order valence-electron chi connectivity index (χ3n) is 3.34. The van der Waals surface area contributed by atoms with Crippen LogP contribution in [0.25, 0.3) is 0 Å². The number of nitrogens with zero attached hydrogens (tertiary/aromatic N) is 1. The first-order valence-corrected chi connectivity index (χ1v) is 6.61. The fourth-order valence-electron chi connectivity index (χ4n) is 2.41. The molecule has 106 valence electrons. The highest BCUT2D eigenvalue weighted by Gasteiger charge is 2.38. The Morgan fingerprint density at radius 2 is 2.17 bits per heavy atom. The van der Waals surface area contributed by atoms with Crippen molar-refractivity contribution in [3.8, 4) is 0 Å². The van der Waals surface area contributed by atoms with Crippen LogP contribution in [-0.2, 0) is 9.53 Å². The minimum Gasteiger partial charge on any atom is -0.480 e. The van der Waals surface area contributed by atoms with Crippen LogP contribution >= 0.6 is 0 Å². The number of carboxylic acid groups (broad SMARTS) is 1. The van der Waals surface area contributed by atoms with Gasteiger partial charge in [-0.25, -0.2) is 0 Å². The summed E-state index contributed by atoms with van der Waals surface area (Å²) in [6, 6.07) is 0.397. The average molecular weight is 258 g/mol. The summed E-state index contributed by atoms with van der Waals surface area (Å²) in [5.41, 5.74) is -0.917. The Balaban J connectivity index is 2.73. The molecular formula is C13H26N2O3. The molecule has 1 aliphatic rings. The Kier molecular flexibility index (Phi) is 5.13. The van der Waals surface area contributed by atoms with Gasteiger partial charge in [0, 0.05) is 25.2 Å². The van der Waals surface area contributed by atoms with E-state index in [0.717, 1.165) is 6.54 Å². The first-order chi connectivity index (χ1) is 8.24. The molecule has 0 aromatic rings. The molecule has 1 fully saturated rings. The molecule has 0 aliphatic carbocycles. The van der Waals surface area contributed by atoms with Gasteiger partial charge in [0.2, 0.25) is 0 Å². The van der Waals surface area contributed by atoms with Crippen molar-refractivity contribution < 1.29 is 14.6 Å². The molecule has 0 amide bonds. The van der Waals surface area contributed by atoms with Gasteiger partial charge in [-0.3, -0.25) is 15.0 Å². The van der Waals surface area contributed by atoms with Gasteiger partial charge in [0.25, 0.3) is 0 Å². The number of aliphatic carboxylic acids is 1. The van der Waals surface area contributed by atoms with Crippen molar-refractivity contribution in [2.45, 2.75) is 58.3 Å². The van der Waals surface area contributed by atoms with E-state index in [0.29, 0.717) is 13.2 Å². The number of hydrogen-bond donors (Lipinski definition) is 2. The van der Waals surface area contributed by atoms with Crippen LogP contribution in [0.5, 0.6) is 0 Å². The third-order valence-corrected chi connectivity index (χ3v) is 3.34. The molecule has 1 aliphatic heterocycles. The first-order valence-electron chi connectivity index (χ1n) is 6.61. The van der Waals surface area contributed by atoms with Crippen molar-refractivity contribution in [3.05, 3.63) is 0 Å². The molecule has 5 heteroatoms. The van der Waals surface area contributed by atoms with Gasteiger partial charge in [-0.15, -0.1) is 0 Å². The summed E-state index contributed by atoms with van der Waals surface area (Å²) >= 11 is 0. The lowest BCUT2D eigenvalue weighted by atomic mass is 9.99. The van der Waals surface area contributed by atoms with Gasteiger partial charge < -0.3 is 9.84 Å². The number of morpholine rings is 1. The normalized spacial score (nSPS) is 29.2. The highest BCUT2D eigenvalue weighted by atomic mass is 16.5. The van der Waals surface area contributed by atoms with Crippen molar-refractivity contribution in [2.75, 3.05) is 19.7 Å². The van der Waals surface area contributed by atoms with E-state index in [1.807, 2.05) is 20.8 Å². The maximum atomic E-state index is 11.5. The lowest BCUT2D eigenvalue weighted by Crippen LogP contribution is -2.62. The number of carbonyl (C=O) groups is 1. The van der Waals surface area contributed by atoms with Gasteiger partial charge in [-0.05, 0) is 34.6 Å². The molecule has 1 rings (SSSR count). The zero-order valence-electron chi connectivity index (χ0n) is 12.1. The lowest BCUT2D eigenvalue weighted by Gasteiger charge is -2.41. The van der Waals surface area contributed by atoms with Crippen LogP contribution in [0.3, 0.4) is 0 Å². The highest BCUT2D eigenvalue weighted by Crippen LogP contribution is 2.16. The summed E-state index contributed by atoms with van der Waals surface area (Å²) in [6.07, 6.45) is 0.165. The standard InChI is InChI=1S/C13H26N2O3/c1-9(2)14-13(5,12(16)17)8-15-6-11(4)18-7-10(15)3/h9-11,14H,6-8H2,1-5H3,(H,16,17). The summed E-state index contributed by atoms with van der Waals surface area (Å²) in [6.45, 7) is 11.7. The van der Waals surface area contributed by atoms with Crippen LogP contribution in [0.1, 0.15) is 34.6 Å². The number of carboxylic acids is 1. The minimum atomic E-state index is -0.917. The molecule has 0 aromatic carbocycles. The molecule has 0 radical (unpaired) electrons. The largest absolute Gasteiger partial charge is 0.480 e. The van der Waals surface area contributed by atoms with Crippen LogP contribution in [-0.4, -0.2) is 59.4 Å². The summed E-state index contributed by atoms with van der Waals surface area (Å²) in [5.74, 6) is -0.803. The van der Waals surface area contributed by atoms with Crippen LogP contribution in [0.2, 0.25) is 0 Å². The monoisotopic (exact) mass is 258 g/mol. The Hall–Kier alpha value is -0.650. The highest BCUT2D eigenvalue weighted by molar-refractivity contribution is 5.78. The molecule has 18 heavy (non-hydrogen) atoms. The second kappa shape index (κ2) is 5.99.